The van der Waals surface area contributed by atoms with Gasteiger partial charge < -0.3 is 10.1 Å². The standard InChI is InChI=1S/C12H21N3OS/c1-4-6-10-14-11(13-5-2)9-12(15-10)17-8-7-16-3/h9H,4-8H2,1-3H3,(H,13,14,15). The molecule has 0 saturated heterocycles. The van der Waals surface area contributed by atoms with Crippen LogP contribution in [0.15, 0.2) is 11.1 Å². The number of ether oxygens (including phenoxy) is 1. The van der Waals surface area contributed by atoms with Gasteiger partial charge in [-0.2, -0.15) is 0 Å². The monoisotopic (exact) mass is 255 g/mol. The molecule has 96 valence electrons. The second kappa shape index (κ2) is 8.31. The number of hydrogen-bond acceptors (Lipinski definition) is 5. The van der Waals surface area contributed by atoms with E-state index in [1.807, 2.05) is 6.07 Å². The van der Waals surface area contributed by atoms with E-state index >= 15 is 0 Å². The van der Waals surface area contributed by atoms with Crippen LogP contribution < -0.4 is 5.32 Å². The van der Waals surface area contributed by atoms with Crippen molar-refractivity contribution in [2.45, 2.75) is 31.7 Å². The maximum absolute atomic E-state index is 5.04. The maximum atomic E-state index is 5.04. The molecule has 0 radical (unpaired) electrons. The lowest BCUT2D eigenvalue weighted by Gasteiger charge is -2.08. The third-order valence-electron chi connectivity index (χ3n) is 2.12. The second-order valence-corrected chi connectivity index (χ2v) is 4.74. The van der Waals surface area contributed by atoms with Crippen molar-refractivity contribution in [3.8, 4) is 0 Å². The number of nitrogens with zero attached hydrogens (tertiary/aromatic N) is 2. The van der Waals surface area contributed by atoms with Gasteiger partial charge in [0.25, 0.3) is 0 Å². The minimum atomic E-state index is 0.744. The number of methoxy groups -OCH3 is 1. The average molecular weight is 255 g/mol. The Hall–Kier alpha value is -0.810. The topological polar surface area (TPSA) is 47.0 Å². The first-order valence-corrected chi connectivity index (χ1v) is 7.02. The highest BCUT2D eigenvalue weighted by Crippen LogP contribution is 2.19. The molecule has 1 heterocycles. The molecule has 0 amide bonds. The summed E-state index contributed by atoms with van der Waals surface area (Å²) < 4.78 is 5.04. The first-order chi connectivity index (χ1) is 8.30. The number of rotatable bonds is 8. The van der Waals surface area contributed by atoms with Gasteiger partial charge in [-0.15, -0.1) is 11.8 Å². The summed E-state index contributed by atoms with van der Waals surface area (Å²) in [5.74, 6) is 2.77. The minimum Gasteiger partial charge on any atom is -0.384 e. The molecule has 0 aliphatic carbocycles. The summed E-state index contributed by atoms with van der Waals surface area (Å²) in [5.41, 5.74) is 0. The van der Waals surface area contributed by atoms with Crippen LogP contribution in [-0.2, 0) is 11.2 Å². The van der Waals surface area contributed by atoms with Crippen LogP contribution in [0.1, 0.15) is 26.1 Å². The Morgan fingerprint density at radius 2 is 2.18 bits per heavy atom. The van der Waals surface area contributed by atoms with Crippen LogP contribution in [0.2, 0.25) is 0 Å². The number of nitrogens with one attached hydrogen (secondary N) is 1. The van der Waals surface area contributed by atoms with E-state index in [-0.39, 0.29) is 0 Å². The van der Waals surface area contributed by atoms with Gasteiger partial charge in [-0.05, 0) is 13.3 Å². The van der Waals surface area contributed by atoms with Crippen molar-refractivity contribution in [3.05, 3.63) is 11.9 Å². The normalized spacial score (nSPS) is 10.5. The van der Waals surface area contributed by atoms with Crippen molar-refractivity contribution < 1.29 is 4.74 Å². The molecule has 0 aromatic carbocycles. The zero-order valence-corrected chi connectivity index (χ0v) is 11.6. The molecule has 1 aromatic heterocycles. The van der Waals surface area contributed by atoms with Crippen LogP contribution in [0.3, 0.4) is 0 Å². The van der Waals surface area contributed by atoms with Crippen molar-refractivity contribution in [2.24, 2.45) is 0 Å². The van der Waals surface area contributed by atoms with Crippen LogP contribution in [0.4, 0.5) is 5.82 Å². The smallest absolute Gasteiger partial charge is 0.132 e. The molecule has 0 spiro atoms. The SMILES string of the molecule is CCCc1nc(NCC)cc(SCCOC)n1. The van der Waals surface area contributed by atoms with E-state index in [2.05, 4.69) is 29.1 Å². The van der Waals surface area contributed by atoms with Crippen LogP contribution in [0, 0.1) is 0 Å². The predicted octanol–water partition coefficient (Wildman–Crippen LogP) is 2.60. The Labute approximate surface area is 108 Å². The molecule has 4 nitrogen and oxygen atoms in total. The van der Waals surface area contributed by atoms with Gasteiger partial charge in [-0.3, -0.25) is 0 Å². The number of hydrogen-bond donors (Lipinski definition) is 1. The van der Waals surface area contributed by atoms with E-state index in [4.69, 9.17) is 4.74 Å². The molecule has 5 heteroatoms. The molecule has 0 atom stereocenters. The van der Waals surface area contributed by atoms with E-state index in [1.165, 1.54) is 0 Å². The van der Waals surface area contributed by atoms with Gasteiger partial charge in [0.1, 0.15) is 16.7 Å². The number of aryl methyl sites for hydroxylation is 1. The molecular formula is C12H21N3OS. The van der Waals surface area contributed by atoms with E-state index < -0.39 is 0 Å². The second-order valence-electron chi connectivity index (χ2n) is 3.63. The van der Waals surface area contributed by atoms with Gasteiger partial charge in [-0.25, -0.2) is 9.97 Å². The summed E-state index contributed by atoms with van der Waals surface area (Å²) in [6.45, 7) is 5.83. The molecule has 0 bridgehead atoms. The molecule has 0 aliphatic rings. The molecule has 0 saturated carbocycles. The molecule has 1 N–H and O–H groups in total. The summed E-state index contributed by atoms with van der Waals surface area (Å²) in [7, 11) is 1.72. The van der Waals surface area contributed by atoms with Gasteiger partial charge in [-0.1, -0.05) is 6.92 Å². The first-order valence-electron chi connectivity index (χ1n) is 6.03. The van der Waals surface area contributed by atoms with Crippen LogP contribution in [0.25, 0.3) is 0 Å². The molecule has 1 rings (SSSR count). The Morgan fingerprint density at radius 1 is 1.35 bits per heavy atom. The Balaban J connectivity index is 2.72. The highest BCUT2D eigenvalue weighted by Gasteiger charge is 2.04. The predicted molar refractivity (Wildman–Crippen MR) is 72.8 cm³/mol. The van der Waals surface area contributed by atoms with Crippen LogP contribution in [-0.4, -0.2) is 36.0 Å². The lowest BCUT2D eigenvalue weighted by Crippen LogP contribution is -2.04. The molecule has 1 aromatic rings. The van der Waals surface area contributed by atoms with Crippen LogP contribution >= 0.6 is 11.8 Å². The fourth-order valence-corrected chi connectivity index (χ4v) is 2.21. The molecule has 0 aliphatic heterocycles. The van der Waals surface area contributed by atoms with E-state index in [0.717, 1.165) is 48.4 Å². The quantitative estimate of drug-likeness (QED) is 0.439. The van der Waals surface area contributed by atoms with E-state index in [0.29, 0.717) is 0 Å². The van der Waals surface area contributed by atoms with Crippen molar-refractivity contribution in [2.75, 3.05) is 31.3 Å². The number of aromatic nitrogens is 2. The average Bonchev–Trinajstić information content (AvgIpc) is 2.30. The third kappa shape index (κ3) is 5.37. The Morgan fingerprint density at radius 3 is 2.82 bits per heavy atom. The summed E-state index contributed by atoms with van der Waals surface area (Å²) >= 11 is 1.71. The fraction of sp³-hybridized carbons (Fsp3) is 0.667. The lowest BCUT2D eigenvalue weighted by atomic mass is 10.3. The summed E-state index contributed by atoms with van der Waals surface area (Å²) in [6.07, 6.45) is 1.99. The maximum Gasteiger partial charge on any atom is 0.132 e. The van der Waals surface area contributed by atoms with E-state index in [1.54, 1.807) is 18.9 Å². The molecule has 17 heavy (non-hydrogen) atoms. The van der Waals surface area contributed by atoms with Crippen molar-refractivity contribution in [3.63, 3.8) is 0 Å². The minimum absolute atomic E-state index is 0.744. The lowest BCUT2D eigenvalue weighted by molar-refractivity contribution is 0.218. The third-order valence-corrected chi connectivity index (χ3v) is 2.99. The summed E-state index contributed by atoms with van der Waals surface area (Å²) in [6, 6.07) is 2.00. The van der Waals surface area contributed by atoms with Gasteiger partial charge in [0.2, 0.25) is 0 Å². The molecular weight excluding hydrogens is 234 g/mol. The highest BCUT2D eigenvalue weighted by molar-refractivity contribution is 7.99. The number of thioether (sulfide) groups is 1. The molecule has 0 fully saturated rings. The fourth-order valence-electron chi connectivity index (χ4n) is 1.38. The van der Waals surface area contributed by atoms with Gasteiger partial charge in [0.05, 0.1) is 6.61 Å². The van der Waals surface area contributed by atoms with E-state index in [9.17, 15) is 0 Å². The van der Waals surface area contributed by atoms with Crippen molar-refractivity contribution >= 4 is 17.6 Å². The summed E-state index contributed by atoms with van der Waals surface area (Å²) in [4.78, 5) is 9.01. The van der Waals surface area contributed by atoms with Crippen LogP contribution in [0.5, 0.6) is 0 Å². The van der Waals surface area contributed by atoms with Crippen molar-refractivity contribution in [1.82, 2.24) is 9.97 Å². The summed E-state index contributed by atoms with van der Waals surface area (Å²) in [5, 5.41) is 4.27. The number of anilines is 1. The largest absolute Gasteiger partial charge is 0.384 e. The zero-order chi connectivity index (χ0) is 12.5. The zero-order valence-electron chi connectivity index (χ0n) is 10.8. The Bertz CT molecular complexity index is 309. The van der Waals surface area contributed by atoms with Gasteiger partial charge in [0, 0.05) is 31.9 Å². The highest BCUT2D eigenvalue weighted by atomic mass is 32.2. The first kappa shape index (κ1) is 14.3. The van der Waals surface area contributed by atoms with Crippen molar-refractivity contribution in [1.29, 1.82) is 0 Å². The molecule has 0 unspecified atom stereocenters. The Kier molecular flexibility index (Phi) is 6.96. The van der Waals surface area contributed by atoms with Gasteiger partial charge >= 0.3 is 0 Å². The van der Waals surface area contributed by atoms with Gasteiger partial charge in [0.15, 0.2) is 0 Å².